The second kappa shape index (κ2) is 2.55. The fraction of sp³-hybridized carbons (Fsp3) is 0.111. The van der Waals surface area contributed by atoms with Gasteiger partial charge in [0.05, 0.1) is 7.11 Å². The summed E-state index contributed by atoms with van der Waals surface area (Å²) < 4.78 is 5.09. The van der Waals surface area contributed by atoms with Crippen molar-refractivity contribution in [1.82, 2.24) is 0 Å². The number of fused-ring (bicyclic) bond motifs is 1. The highest BCUT2D eigenvalue weighted by Gasteiger charge is 2.02. The zero-order valence-electron chi connectivity index (χ0n) is 6.13. The molecular formula is C9H7OS. The summed E-state index contributed by atoms with van der Waals surface area (Å²) in [6.45, 7) is 0. The molecule has 1 aliphatic heterocycles. The quantitative estimate of drug-likeness (QED) is 0.628. The van der Waals surface area contributed by atoms with Crippen LogP contribution in [0, 0.1) is 6.07 Å². The molecule has 0 spiro atoms. The molecule has 1 radical (unpaired) electrons. The van der Waals surface area contributed by atoms with Crippen LogP contribution < -0.4 is 4.74 Å². The Morgan fingerprint density at radius 3 is 3.27 bits per heavy atom. The number of methoxy groups -OCH3 is 1. The zero-order valence-corrected chi connectivity index (χ0v) is 6.94. The van der Waals surface area contributed by atoms with Gasteiger partial charge in [-0.15, -0.1) is 11.3 Å². The maximum atomic E-state index is 5.09. The van der Waals surface area contributed by atoms with Gasteiger partial charge in [-0.1, -0.05) is 12.1 Å². The molecule has 11 heavy (non-hydrogen) atoms. The minimum Gasteiger partial charge on any atom is -0.487 e. The Morgan fingerprint density at radius 2 is 2.45 bits per heavy atom. The molecule has 2 aliphatic rings. The lowest BCUT2D eigenvalue weighted by Crippen LogP contribution is -1.79. The molecule has 1 nitrogen and oxygen atoms in total. The first-order valence-electron chi connectivity index (χ1n) is 3.33. The molecule has 0 saturated carbocycles. The molecule has 0 bridgehead atoms. The van der Waals surface area contributed by atoms with E-state index in [2.05, 4.69) is 11.4 Å². The maximum absolute atomic E-state index is 5.09. The lowest BCUT2D eigenvalue weighted by atomic mass is 10.2. The molecule has 0 unspecified atom stereocenters. The third kappa shape index (κ3) is 1.10. The van der Waals surface area contributed by atoms with Crippen LogP contribution in [0.25, 0.3) is 11.1 Å². The first-order valence-corrected chi connectivity index (χ1v) is 4.21. The van der Waals surface area contributed by atoms with Gasteiger partial charge in [0.15, 0.2) is 5.06 Å². The van der Waals surface area contributed by atoms with Gasteiger partial charge in [0.1, 0.15) is 0 Å². The predicted octanol–water partition coefficient (Wildman–Crippen LogP) is 2.66. The van der Waals surface area contributed by atoms with Crippen LogP contribution in [0.5, 0.6) is 5.06 Å². The molecule has 0 amide bonds. The van der Waals surface area contributed by atoms with Crippen molar-refractivity contribution >= 4 is 11.3 Å². The van der Waals surface area contributed by atoms with Crippen LogP contribution in [0.2, 0.25) is 0 Å². The van der Waals surface area contributed by atoms with Gasteiger partial charge in [-0.3, -0.25) is 0 Å². The molecule has 0 aromatic rings. The molecule has 0 saturated heterocycles. The van der Waals surface area contributed by atoms with E-state index in [0.29, 0.717) is 0 Å². The van der Waals surface area contributed by atoms with Gasteiger partial charge < -0.3 is 4.74 Å². The molecule has 1 heterocycles. The van der Waals surface area contributed by atoms with Crippen LogP contribution in [0.3, 0.4) is 0 Å². The van der Waals surface area contributed by atoms with E-state index in [1.54, 1.807) is 18.4 Å². The normalized spacial score (nSPS) is 10.3. The van der Waals surface area contributed by atoms with Crippen LogP contribution in [-0.2, 0) is 0 Å². The molecular weight excluding hydrogens is 156 g/mol. The van der Waals surface area contributed by atoms with E-state index in [-0.39, 0.29) is 0 Å². The third-order valence-corrected chi connectivity index (χ3v) is 2.47. The second-order valence-electron chi connectivity index (χ2n) is 2.25. The molecule has 0 atom stereocenters. The summed E-state index contributed by atoms with van der Waals surface area (Å²) in [4.78, 5) is 0. The first kappa shape index (κ1) is 6.68. The average molecular weight is 163 g/mol. The van der Waals surface area contributed by atoms with Gasteiger partial charge in [0.25, 0.3) is 0 Å². The average Bonchev–Trinajstić information content (AvgIpc) is 2.50. The first-order chi connectivity index (χ1) is 5.40. The fourth-order valence-electron chi connectivity index (χ4n) is 1.00. The molecule has 2 rings (SSSR count). The molecule has 0 N–H and O–H groups in total. The van der Waals surface area contributed by atoms with Crippen molar-refractivity contribution in [3.05, 3.63) is 29.6 Å². The van der Waals surface area contributed by atoms with Crippen LogP contribution in [0.15, 0.2) is 23.6 Å². The largest absolute Gasteiger partial charge is 0.487 e. The minimum atomic E-state index is 0.931. The summed E-state index contributed by atoms with van der Waals surface area (Å²) in [5.74, 6) is 0. The minimum absolute atomic E-state index is 0.931. The topological polar surface area (TPSA) is 9.23 Å². The Morgan fingerprint density at radius 1 is 1.55 bits per heavy atom. The highest BCUT2D eigenvalue weighted by molar-refractivity contribution is 7.11. The van der Waals surface area contributed by atoms with Gasteiger partial charge in [-0.25, -0.2) is 0 Å². The van der Waals surface area contributed by atoms with Gasteiger partial charge in [0.2, 0.25) is 0 Å². The summed E-state index contributed by atoms with van der Waals surface area (Å²) in [5.41, 5.74) is 2.36. The lowest BCUT2D eigenvalue weighted by Gasteiger charge is -2.00. The third-order valence-electron chi connectivity index (χ3n) is 1.58. The predicted molar refractivity (Wildman–Crippen MR) is 46.3 cm³/mol. The number of ether oxygens (including phenoxy) is 1. The summed E-state index contributed by atoms with van der Waals surface area (Å²) >= 11 is 1.60. The van der Waals surface area contributed by atoms with Crippen molar-refractivity contribution in [2.45, 2.75) is 0 Å². The van der Waals surface area contributed by atoms with Crippen LogP contribution in [0.4, 0.5) is 0 Å². The Bertz CT molecular complexity index is 326. The Labute approximate surface area is 69.6 Å². The van der Waals surface area contributed by atoms with E-state index in [1.807, 2.05) is 18.2 Å². The fourth-order valence-corrected chi connectivity index (χ4v) is 1.73. The number of hydrogen-bond acceptors (Lipinski definition) is 2. The Hall–Kier alpha value is -1.02. The SMILES string of the molecule is COc1cc2[c]ccc-2cs1. The summed E-state index contributed by atoms with van der Waals surface area (Å²) in [6, 6.07) is 9.10. The van der Waals surface area contributed by atoms with E-state index in [1.165, 1.54) is 5.56 Å². The van der Waals surface area contributed by atoms with Crippen molar-refractivity contribution in [2.24, 2.45) is 0 Å². The number of rotatable bonds is 1. The molecule has 0 aromatic carbocycles. The molecule has 1 aliphatic carbocycles. The highest BCUT2D eigenvalue weighted by Crippen LogP contribution is 2.30. The summed E-state index contributed by atoms with van der Waals surface area (Å²) in [6.07, 6.45) is 0. The van der Waals surface area contributed by atoms with E-state index < -0.39 is 0 Å². The lowest BCUT2D eigenvalue weighted by molar-refractivity contribution is 0.427. The van der Waals surface area contributed by atoms with Crippen LogP contribution in [0.1, 0.15) is 0 Å². The van der Waals surface area contributed by atoms with Gasteiger partial charge >= 0.3 is 0 Å². The van der Waals surface area contributed by atoms with Crippen molar-refractivity contribution in [1.29, 1.82) is 0 Å². The Kier molecular flexibility index (Phi) is 1.55. The van der Waals surface area contributed by atoms with E-state index in [9.17, 15) is 0 Å². The van der Waals surface area contributed by atoms with Crippen molar-refractivity contribution in [3.8, 4) is 16.2 Å². The van der Waals surface area contributed by atoms with Crippen molar-refractivity contribution in [2.75, 3.05) is 7.11 Å². The van der Waals surface area contributed by atoms with E-state index in [0.717, 1.165) is 10.6 Å². The van der Waals surface area contributed by atoms with E-state index >= 15 is 0 Å². The molecule has 0 fully saturated rings. The number of hydrogen-bond donors (Lipinski definition) is 0. The summed E-state index contributed by atoms with van der Waals surface area (Å²) in [5, 5.41) is 3.00. The van der Waals surface area contributed by atoms with Crippen molar-refractivity contribution in [3.63, 3.8) is 0 Å². The van der Waals surface area contributed by atoms with Gasteiger partial charge in [-0.2, -0.15) is 0 Å². The smallest absolute Gasteiger partial charge is 0.173 e. The maximum Gasteiger partial charge on any atom is 0.173 e. The van der Waals surface area contributed by atoms with Crippen LogP contribution in [-0.4, -0.2) is 7.11 Å². The molecule has 55 valence electrons. The second-order valence-corrected chi connectivity index (χ2v) is 3.12. The van der Waals surface area contributed by atoms with Crippen LogP contribution >= 0.6 is 11.3 Å². The van der Waals surface area contributed by atoms with Gasteiger partial charge in [0, 0.05) is 5.38 Å². The standard InChI is InChI=1S/C9H7OS/c1-10-9-5-7-3-2-4-8(7)6-11-9/h2,4-6H,1H3. The Balaban J connectivity index is 2.59. The van der Waals surface area contributed by atoms with E-state index in [4.69, 9.17) is 4.74 Å². The molecule has 2 heteroatoms. The summed E-state index contributed by atoms with van der Waals surface area (Å²) in [7, 11) is 1.68. The molecule has 0 aromatic heterocycles. The zero-order chi connectivity index (χ0) is 7.68. The van der Waals surface area contributed by atoms with Gasteiger partial charge in [-0.05, 0) is 23.3 Å². The monoisotopic (exact) mass is 163 g/mol. The van der Waals surface area contributed by atoms with Crippen molar-refractivity contribution < 1.29 is 4.74 Å². The highest BCUT2D eigenvalue weighted by atomic mass is 32.1.